The van der Waals surface area contributed by atoms with Gasteiger partial charge < -0.3 is 24.3 Å². The molecular weight excluding hydrogens is 679 g/mol. The van der Waals surface area contributed by atoms with Crippen molar-refractivity contribution in [1.29, 1.82) is 0 Å². The number of anilines is 2. The summed E-state index contributed by atoms with van der Waals surface area (Å²) >= 11 is 0. The standard InChI is InChI=1S/C44H49N5O5/c1-47-26-38(36-23-45-24-37(36)44(47)52)31-20-42(53-2)39(43(21-31)54-3)27-48-16-15-35-29(5-4-6-30(35)25-48)19-28-13-17-49(18-14-28)33-9-7-32(8-10-33)46-40-12-11-34(50)22-41(40)51/h4-10,20-21,23,26,28,40,46H,11-19,22,24-25,27H2,1-3H3. The van der Waals surface area contributed by atoms with E-state index in [1.54, 1.807) is 32.0 Å². The maximum Gasteiger partial charge on any atom is 0.256 e. The molecule has 0 amide bonds. The van der Waals surface area contributed by atoms with E-state index >= 15 is 0 Å². The van der Waals surface area contributed by atoms with E-state index in [1.165, 1.54) is 22.4 Å². The molecule has 1 aromatic heterocycles. The highest BCUT2D eigenvalue weighted by atomic mass is 16.5. The first-order valence-corrected chi connectivity index (χ1v) is 19.2. The summed E-state index contributed by atoms with van der Waals surface area (Å²) in [6.45, 7) is 5.01. The molecule has 0 bridgehead atoms. The number of carbonyl (C=O) groups is 2. The molecule has 8 rings (SSSR count). The molecule has 1 saturated heterocycles. The number of nitrogens with one attached hydrogen (secondary N) is 1. The summed E-state index contributed by atoms with van der Waals surface area (Å²) in [6, 6.07) is 19.1. The summed E-state index contributed by atoms with van der Waals surface area (Å²) in [5.74, 6) is 2.24. The van der Waals surface area contributed by atoms with Crippen LogP contribution in [0.5, 0.6) is 11.5 Å². The lowest BCUT2D eigenvalue weighted by Crippen LogP contribution is -2.36. The number of ether oxygens (including phenoxy) is 2. The second kappa shape index (κ2) is 15.3. The van der Waals surface area contributed by atoms with E-state index in [0.717, 1.165) is 96.9 Å². The van der Waals surface area contributed by atoms with Crippen molar-refractivity contribution in [3.05, 3.63) is 105 Å². The Bertz CT molecular complexity index is 2140. The van der Waals surface area contributed by atoms with Gasteiger partial charge in [-0.15, -0.1) is 0 Å². The zero-order chi connectivity index (χ0) is 37.3. The van der Waals surface area contributed by atoms with E-state index in [-0.39, 0.29) is 29.6 Å². The fourth-order valence-corrected chi connectivity index (χ4v) is 8.86. The summed E-state index contributed by atoms with van der Waals surface area (Å²) in [6.07, 6.45) is 9.22. The Morgan fingerprint density at radius 1 is 0.889 bits per heavy atom. The number of fused-ring (bicyclic) bond motifs is 2. The number of aromatic nitrogens is 1. The number of piperidine rings is 1. The van der Waals surface area contributed by atoms with Crippen LogP contribution < -0.4 is 25.2 Å². The first-order valence-electron chi connectivity index (χ1n) is 19.2. The van der Waals surface area contributed by atoms with Crippen molar-refractivity contribution in [3.63, 3.8) is 0 Å². The third-order valence-electron chi connectivity index (χ3n) is 11.9. The van der Waals surface area contributed by atoms with Gasteiger partial charge in [-0.25, -0.2) is 0 Å². The van der Waals surface area contributed by atoms with Crippen LogP contribution in [-0.2, 0) is 49.1 Å². The Labute approximate surface area is 316 Å². The van der Waals surface area contributed by atoms with Crippen LogP contribution in [0, 0.1) is 5.92 Å². The van der Waals surface area contributed by atoms with Gasteiger partial charge in [0.15, 0.2) is 5.78 Å². The number of Topliss-reactive ketones (excluding diaryl/α,β-unsaturated/α-hetero) is 2. The molecule has 1 atom stereocenters. The van der Waals surface area contributed by atoms with E-state index in [0.29, 0.717) is 31.8 Å². The Kier molecular flexibility index (Phi) is 10.1. The van der Waals surface area contributed by atoms with Gasteiger partial charge in [0.05, 0.1) is 38.8 Å². The molecule has 4 aliphatic rings. The first-order chi connectivity index (χ1) is 26.3. The summed E-state index contributed by atoms with van der Waals surface area (Å²) in [5, 5.41) is 3.34. The van der Waals surface area contributed by atoms with Gasteiger partial charge in [-0.3, -0.25) is 24.3 Å². The van der Waals surface area contributed by atoms with E-state index in [1.807, 2.05) is 6.20 Å². The quantitative estimate of drug-likeness (QED) is 0.195. The zero-order valence-corrected chi connectivity index (χ0v) is 31.5. The lowest BCUT2D eigenvalue weighted by molar-refractivity contribution is -0.130. The molecule has 3 aliphatic heterocycles. The minimum atomic E-state index is -0.266. The van der Waals surface area contributed by atoms with Crippen molar-refractivity contribution in [3.8, 4) is 22.6 Å². The molecule has 3 aromatic carbocycles. The van der Waals surface area contributed by atoms with Gasteiger partial charge in [0, 0.05) is 86.7 Å². The number of benzene rings is 3. The van der Waals surface area contributed by atoms with Crippen molar-refractivity contribution in [2.75, 3.05) is 44.1 Å². The zero-order valence-electron chi connectivity index (χ0n) is 31.5. The summed E-state index contributed by atoms with van der Waals surface area (Å²) < 4.78 is 13.6. The highest BCUT2D eigenvalue weighted by molar-refractivity contribution is 6.05. The smallest absolute Gasteiger partial charge is 0.256 e. The van der Waals surface area contributed by atoms with Gasteiger partial charge in [0.1, 0.15) is 17.3 Å². The van der Waals surface area contributed by atoms with Crippen molar-refractivity contribution in [2.45, 2.75) is 70.6 Å². The summed E-state index contributed by atoms with van der Waals surface area (Å²) in [7, 11) is 5.20. The first kappa shape index (κ1) is 35.8. The Balaban J connectivity index is 0.898. The van der Waals surface area contributed by atoms with Gasteiger partial charge in [0.2, 0.25) is 0 Å². The SMILES string of the molecule is COc1cc(-c2cn(C)c(=O)c3c2C=NC3)cc(OC)c1CN1CCc2c(CC3CCN(c4ccc(NC5CCC(=O)CC5=O)cc4)CC3)cccc2C1. The summed E-state index contributed by atoms with van der Waals surface area (Å²) in [5.41, 5.74) is 11.0. The number of hydrogen-bond acceptors (Lipinski definition) is 9. The molecule has 2 fully saturated rings. The van der Waals surface area contributed by atoms with Crippen LogP contribution in [0.4, 0.5) is 11.4 Å². The highest BCUT2D eigenvalue weighted by Crippen LogP contribution is 2.39. The van der Waals surface area contributed by atoms with Crippen LogP contribution in [-0.4, -0.2) is 67.1 Å². The van der Waals surface area contributed by atoms with E-state index in [2.05, 4.69) is 74.7 Å². The lowest BCUT2D eigenvalue weighted by Gasteiger charge is -2.35. The van der Waals surface area contributed by atoms with Crippen LogP contribution in [0.3, 0.4) is 0 Å². The number of aryl methyl sites for hydroxylation is 1. The predicted molar refractivity (Wildman–Crippen MR) is 212 cm³/mol. The van der Waals surface area contributed by atoms with Gasteiger partial charge in [-0.1, -0.05) is 18.2 Å². The maximum absolute atomic E-state index is 12.7. The molecule has 0 radical (unpaired) electrons. The number of methoxy groups -OCH3 is 2. The van der Waals surface area contributed by atoms with Crippen molar-refractivity contribution in [1.82, 2.24) is 9.47 Å². The van der Waals surface area contributed by atoms with Gasteiger partial charge >= 0.3 is 0 Å². The third-order valence-corrected chi connectivity index (χ3v) is 11.9. The Morgan fingerprint density at radius 3 is 2.37 bits per heavy atom. The Hall–Kier alpha value is -5.22. The topological polar surface area (TPSA) is 105 Å². The molecular formula is C44H49N5O5. The molecule has 1 saturated carbocycles. The number of hydrogen-bond donors (Lipinski definition) is 1. The predicted octanol–water partition coefficient (Wildman–Crippen LogP) is 6.12. The Morgan fingerprint density at radius 2 is 1.65 bits per heavy atom. The van der Waals surface area contributed by atoms with Crippen molar-refractivity contribution in [2.24, 2.45) is 18.0 Å². The number of nitrogens with zero attached hydrogens (tertiary/aromatic N) is 4. The molecule has 1 unspecified atom stereocenters. The normalized spacial score (nSPS) is 18.8. The molecule has 1 aliphatic carbocycles. The van der Waals surface area contributed by atoms with Crippen molar-refractivity contribution >= 4 is 29.2 Å². The van der Waals surface area contributed by atoms with Crippen LogP contribution in [0.1, 0.15) is 65.5 Å². The van der Waals surface area contributed by atoms with Crippen LogP contribution in [0.15, 0.2) is 70.6 Å². The minimum absolute atomic E-state index is 0.00315. The van der Waals surface area contributed by atoms with Gasteiger partial charge in [0.25, 0.3) is 5.56 Å². The molecule has 1 N–H and O–H groups in total. The molecule has 280 valence electrons. The van der Waals surface area contributed by atoms with Gasteiger partial charge in [-0.2, -0.15) is 0 Å². The number of carbonyl (C=O) groups excluding carboxylic acids is 2. The number of rotatable bonds is 10. The molecule has 4 heterocycles. The summed E-state index contributed by atoms with van der Waals surface area (Å²) in [4.78, 5) is 45.9. The molecule has 10 heteroatoms. The molecule has 10 nitrogen and oxygen atoms in total. The average Bonchev–Trinajstić information content (AvgIpc) is 3.69. The largest absolute Gasteiger partial charge is 0.496 e. The van der Waals surface area contributed by atoms with E-state index in [9.17, 15) is 14.4 Å². The van der Waals surface area contributed by atoms with Crippen LogP contribution in [0.2, 0.25) is 0 Å². The third kappa shape index (κ3) is 7.19. The number of aliphatic imine (C=N–C) groups is 1. The highest BCUT2D eigenvalue weighted by Gasteiger charge is 2.28. The second-order valence-electron chi connectivity index (χ2n) is 15.3. The fraction of sp³-hybridized carbons (Fsp3) is 0.409. The fourth-order valence-electron chi connectivity index (χ4n) is 8.86. The van der Waals surface area contributed by atoms with E-state index < -0.39 is 0 Å². The lowest BCUT2D eigenvalue weighted by atomic mass is 9.85. The number of ketones is 2. The van der Waals surface area contributed by atoms with Crippen LogP contribution >= 0.6 is 0 Å². The molecule has 4 aromatic rings. The van der Waals surface area contributed by atoms with Crippen LogP contribution in [0.25, 0.3) is 11.1 Å². The molecule has 0 spiro atoms. The monoisotopic (exact) mass is 727 g/mol. The molecule has 54 heavy (non-hydrogen) atoms. The van der Waals surface area contributed by atoms with E-state index in [4.69, 9.17) is 9.47 Å². The van der Waals surface area contributed by atoms with Gasteiger partial charge in [-0.05, 0) is 96.7 Å². The van der Waals surface area contributed by atoms with Crippen molar-refractivity contribution < 1.29 is 19.1 Å². The maximum atomic E-state index is 12.7. The second-order valence-corrected chi connectivity index (χ2v) is 15.3. The average molecular weight is 728 g/mol. The minimum Gasteiger partial charge on any atom is -0.496 e. The number of pyridine rings is 1.